The van der Waals surface area contributed by atoms with Crippen molar-refractivity contribution in [1.82, 2.24) is 15.5 Å². The van der Waals surface area contributed by atoms with E-state index in [9.17, 15) is 0 Å². The first kappa shape index (κ1) is 11.6. The van der Waals surface area contributed by atoms with Crippen molar-refractivity contribution in [3.05, 3.63) is 30.1 Å². The maximum Gasteiger partial charge on any atom is 0.257 e. The largest absolute Gasteiger partial charge is 0.497 e. The van der Waals surface area contributed by atoms with E-state index in [2.05, 4.69) is 15.5 Å². The molecule has 0 radical (unpaired) electrons. The molecule has 1 unspecified atom stereocenters. The summed E-state index contributed by atoms with van der Waals surface area (Å²) >= 11 is 0. The Labute approximate surface area is 99.8 Å². The van der Waals surface area contributed by atoms with Crippen molar-refractivity contribution in [3.8, 4) is 17.2 Å². The Hall–Kier alpha value is -1.88. The molecule has 0 saturated heterocycles. The Kier molecular flexibility index (Phi) is 3.39. The number of nitrogens with one attached hydrogen (secondary N) is 1. The van der Waals surface area contributed by atoms with Crippen LogP contribution in [0.15, 0.2) is 28.8 Å². The second-order valence-corrected chi connectivity index (χ2v) is 3.70. The lowest BCUT2D eigenvalue weighted by molar-refractivity contribution is 0.411. The number of rotatable bonds is 4. The first-order chi connectivity index (χ1) is 8.24. The van der Waals surface area contributed by atoms with Crippen LogP contribution in [-0.2, 0) is 0 Å². The topological polar surface area (TPSA) is 60.2 Å². The Bertz CT molecular complexity index is 479. The molecule has 17 heavy (non-hydrogen) atoms. The van der Waals surface area contributed by atoms with Gasteiger partial charge in [-0.3, -0.25) is 0 Å². The van der Waals surface area contributed by atoms with Crippen molar-refractivity contribution in [2.75, 3.05) is 14.2 Å². The first-order valence-electron chi connectivity index (χ1n) is 5.40. The van der Waals surface area contributed by atoms with E-state index in [1.165, 1.54) is 0 Å². The lowest BCUT2D eigenvalue weighted by Gasteiger charge is -2.01. The van der Waals surface area contributed by atoms with Crippen LogP contribution in [0, 0.1) is 0 Å². The number of nitrogens with zero attached hydrogens (tertiary/aromatic N) is 2. The van der Waals surface area contributed by atoms with Gasteiger partial charge in [0, 0.05) is 5.56 Å². The van der Waals surface area contributed by atoms with Crippen molar-refractivity contribution < 1.29 is 9.26 Å². The minimum Gasteiger partial charge on any atom is -0.497 e. The minimum absolute atomic E-state index is 0.0748. The smallest absolute Gasteiger partial charge is 0.257 e. The third-order valence-electron chi connectivity index (χ3n) is 2.60. The van der Waals surface area contributed by atoms with Gasteiger partial charge in [0.25, 0.3) is 5.89 Å². The molecule has 0 aliphatic rings. The summed E-state index contributed by atoms with van der Waals surface area (Å²) in [5, 5.41) is 6.99. The molecule has 0 saturated carbocycles. The van der Waals surface area contributed by atoms with E-state index in [-0.39, 0.29) is 6.04 Å². The molecule has 2 aromatic rings. The molecule has 1 aromatic heterocycles. The maximum absolute atomic E-state index is 5.21. The third kappa shape index (κ3) is 2.45. The predicted molar refractivity (Wildman–Crippen MR) is 63.8 cm³/mol. The van der Waals surface area contributed by atoms with Crippen LogP contribution in [0.4, 0.5) is 0 Å². The molecule has 1 N–H and O–H groups in total. The fourth-order valence-corrected chi connectivity index (χ4v) is 1.39. The molecule has 0 aliphatic carbocycles. The maximum atomic E-state index is 5.21. The minimum atomic E-state index is 0.0748. The first-order valence-corrected chi connectivity index (χ1v) is 5.40. The second kappa shape index (κ2) is 4.97. The van der Waals surface area contributed by atoms with Gasteiger partial charge in [-0.25, -0.2) is 0 Å². The molecular formula is C12H15N3O2. The highest BCUT2D eigenvalue weighted by atomic mass is 16.5. The molecule has 1 aromatic carbocycles. The van der Waals surface area contributed by atoms with E-state index < -0.39 is 0 Å². The molecule has 5 nitrogen and oxygen atoms in total. The van der Waals surface area contributed by atoms with Crippen LogP contribution in [0.1, 0.15) is 18.8 Å². The van der Waals surface area contributed by atoms with Crippen molar-refractivity contribution in [1.29, 1.82) is 0 Å². The Morgan fingerprint density at radius 3 is 2.59 bits per heavy atom. The van der Waals surface area contributed by atoms with Gasteiger partial charge < -0.3 is 14.6 Å². The molecule has 2 rings (SSSR count). The molecule has 5 heteroatoms. The van der Waals surface area contributed by atoms with Gasteiger partial charge in [-0.15, -0.1) is 0 Å². The van der Waals surface area contributed by atoms with Crippen LogP contribution in [-0.4, -0.2) is 24.3 Å². The molecule has 1 heterocycles. The summed E-state index contributed by atoms with van der Waals surface area (Å²) in [6.45, 7) is 1.97. The average molecular weight is 233 g/mol. The number of aromatic nitrogens is 2. The highest BCUT2D eigenvalue weighted by Gasteiger charge is 2.12. The summed E-state index contributed by atoms with van der Waals surface area (Å²) in [4.78, 5) is 4.33. The van der Waals surface area contributed by atoms with E-state index >= 15 is 0 Å². The second-order valence-electron chi connectivity index (χ2n) is 3.70. The van der Waals surface area contributed by atoms with Gasteiger partial charge in [0.2, 0.25) is 0 Å². The summed E-state index contributed by atoms with van der Waals surface area (Å²) in [6.07, 6.45) is 0. The van der Waals surface area contributed by atoms with Crippen molar-refractivity contribution in [2.24, 2.45) is 0 Å². The lowest BCUT2D eigenvalue weighted by Crippen LogP contribution is -2.13. The van der Waals surface area contributed by atoms with Crippen LogP contribution in [0.3, 0.4) is 0 Å². The molecule has 0 fully saturated rings. The average Bonchev–Trinajstić information content (AvgIpc) is 2.87. The van der Waals surface area contributed by atoms with Gasteiger partial charge in [-0.2, -0.15) is 4.98 Å². The Morgan fingerprint density at radius 2 is 2.00 bits per heavy atom. The van der Waals surface area contributed by atoms with Crippen LogP contribution < -0.4 is 10.1 Å². The van der Waals surface area contributed by atoms with E-state index in [1.807, 2.05) is 38.2 Å². The number of hydrogen-bond acceptors (Lipinski definition) is 5. The zero-order valence-corrected chi connectivity index (χ0v) is 10.1. The van der Waals surface area contributed by atoms with E-state index in [0.717, 1.165) is 11.3 Å². The van der Waals surface area contributed by atoms with Crippen LogP contribution >= 0.6 is 0 Å². The van der Waals surface area contributed by atoms with E-state index in [0.29, 0.717) is 11.7 Å². The summed E-state index contributed by atoms with van der Waals surface area (Å²) in [5.41, 5.74) is 0.882. The lowest BCUT2D eigenvalue weighted by atomic mass is 10.2. The van der Waals surface area contributed by atoms with Gasteiger partial charge in [-0.05, 0) is 38.2 Å². The summed E-state index contributed by atoms with van der Waals surface area (Å²) in [7, 11) is 3.49. The molecule has 0 bridgehead atoms. The molecule has 0 aliphatic heterocycles. The molecule has 0 spiro atoms. The van der Waals surface area contributed by atoms with Crippen molar-refractivity contribution in [2.45, 2.75) is 13.0 Å². The summed E-state index contributed by atoms with van der Waals surface area (Å²) in [6, 6.07) is 7.58. The fourth-order valence-electron chi connectivity index (χ4n) is 1.39. The molecule has 0 amide bonds. The third-order valence-corrected chi connectivity index (χ3v) is 2.60. The van der Waals surface area contributed by atoms with E-state index in [1.54, 1.807) is 7.11 Å². The summed E-state index contributed by atoms with van der Waals surface area (Å²) in [5.74, 6) is 1.97. The standard InChI is InChI=1S/C12H15N3O2/c1-8(13-2)11-14-12(17-15-11)9-4-6-10(16-3)7-5-9/h4-8,13H,1-3H3. The zero-order valence-electron chi connectivity index (χ0n) is 10.1. The number of methoxy groups -OCH3 is 1. The zero-order chi connectivity index (χ0) is 12.3. The van der Waals surface area contributed by atoms with Crippen LogP contribution in [0.25, 0.3) is 11.5 Å². The van der Waals surface area contributed by atoms with Gasteiger partial charge in [0.1, 0.15) is 5.75 Å². The quantitative estimate of drug-likeness (QED) is 0.875. The normalized spacial score (nSPS) is 12.4. The van der Waals surface area contributed by atoms with Gasteiger partial charge in [0.05, 0.1) is 13.2 Å². The highest BCUT2D eigenvalue weighted by Crippen LogP contribution is 2.21. The molecule has 1 atom stereocenters. The van der Waals surface area contributed by atoms with Crippen LogP contribution in [0.5, 0.6) is 5.75 Å². The van der Waals surface area contributed by atoms with Crippen molar-refractivity contribution >= 4 is 0 Å². The number of hydrogen-bond donors (Lipinski definition) is 1. The van der Waals surface area contributed by atoms with Crippen molar-refractivity contribution in [3.63, 3.8) is 0 Å². The monoisotopic (exact) mass is 233 g/mol. The fraction of sp³-hybridized carbons (Fsp3) is 0.333. The van der Waals surface area contributed by atoms with Crippen LogP contribution in [0.2, 0.25) is 0 Å². The van der Waals surface area contributed by atoms with Gasteiger partial charge >= 0.3 is 0 Å². The predicted octanol–water partition coefficient (Wildman–Crippen LogP) is 2.03. The van der Waals surface area contributed by atoms with Gasteiger partial charge in [0.15, 0.2) is 5.82 Å². The Balaban J connectivity index is 2.24. The SMILES string of the molecule is CNC(C)c1noc(-c2ccc(OC)cc2)n1. The molecule has 90 valence electrons. The number of ether oxygens (including phenoxy) is 1. The number of benzene rings is 1. The highest BCUT2D eigenvalue weighted by molar-refractivity contribution is 5.54. The Morgan fingerprint density at radius 1 is 1.29 bits per heavy atom. The van der Waals surface area contributed by atoms with E-state index in [4.69, 9.17) is 9.26 Å². The van der Waals surface area contributed by atoms with Gasteiger partial charge in [-0.1, -0.05) is 5.16 Å². The summed E-state index contributed by atoms with van der Waals surface area (Å²) < 4.78 is 10.3. The molecular weight excluding hydrogens is 218 g/mol.